The fraction of sp³-hybridized carbons (Fsp3) is 0.364. The van der Waals surface area contributed by atoms with Crippen LogP contribution in [-0.2, 0) is 6.54 Å². The van der Waals surface area contributed by atoms with E-state index in [2.05, 4.69) is 26.6 Å². The first-order valence-corrected chi connectivity index (χ1v) is 5.88. The van der Waals surface area contributed by atoms with E-state index in [4.69, 9.17) is 5.11 Å². The fourth-order valence-corrected chi connectivity index (χ4v) is 1.39. The van der Waals surface area contributed by atoms with Crippen LogP contribution in [0.1, 0.15) is 12.0 Å². The first-order chi connectivity index (χ1) is 7.72. The van der Waals surface area contributed by atoms with Crippen LogP contribution in [-0.4, -0.2) is 24.3 Å². The van der Waals surface area contributed by atoms with Crippen molar-refractivity contribution in [2.24, 2.45) is 0 Å². The lowest BCUT2D eigenvalue weighted by atomic mass is 10.2. The summed E-state index contributed by atoms with van der Waals surface area (Å²) in [4.78, 5) is 11.2. The molecule has 0 aliphatic heterocycles. The molecule has 4 nitrogen and oxygen atoms in total. The number of carbonyl (C=O) groups is 1. The molecule has 0 aromatic heterocycles. The number of amides is 2. The molecule has 0 saturated carbocycles. The van der Waals surface area contributed by atoms with Crippen LogP contribution in [0.3, 0.4) is 0 Å². The second-order valence-corrected chi connectivity index (χ2v) is 4.23. The fourth-order valence-electron chi connectivity index (χ4n) is 1.13. The van der Waals surface area contributed by atoms with Crippen LogP contribution < -0.4 is 10.6 Å². The van der Waals surface area contributed by atoms with E-state index >= 15 is 0 Å². The number of benzene rings is 1. The molecule has 2 amide bonds. The SMILES string of the molecule is O=C(NCCCO)NCc1ccc(Br)cc1. The van der Waals surface area contributed by atoms with Gasteiger partial charge in [0.2, 0.25) is 0 Å². The minimum Gasteiger partial charge on any atom is -0.396 e. The summed E-state index contributed by atoms with van der Waals surface area (Å²) in [5.41, 5.74) is 1.04. The third kappa shape index (κ3) is 5.14. The van der Waals surface area contributed by atoms with Gasteiger partial charge in [0, 0.05) is 24.2 Å². The van der Waals surface area contributed by atoms with E-state index in [-0.39, 0.29) is 12.6 Å². The molecule has 1 aromatic carbocycles. The number of urea groups is 1. The molecule has 0 unspecified atom stereocenters. The average molecular weight is 287 g/mol. The number of halogens is 1. The van der Waals surface area contributed by atoms with E-state index in [1.54, 1.807) is 0 Å². The van der Waals surface area contributed by atoms with Crippen molar-refractivity contribution in [3.05, 3.63) is 34.3 Å². The molecule has 0 aliphatic carbocycles. The zero-order chi connectivity index (χ0) is 11.8. The molecule has 1 aromatic rings. The largest absolute Gasteiger partial charge is 0.396 e. The van der Waals surface area contributed by atoms with Crippen LogP contribution in [0.4, 0.5) is 4.79 Å². The highest BCUT2D eigenvalue weighted by molar-refractivity contribution is 9.10. The molecule has 0 radical (unpaired) electrons. The van der Waals surface area contributed by atoms with E-state index in [9.17, 15) is 4.79 Å². The highest BCUT2D eigenvalue weighted by Crippen LogP contribution is 2.09. The van der Waals surface area contributed by atoms with Crippen molar-refractivity contribution >= 4 is 22.0 Å². The molecule has 0 saturated heterocycles. The standard InChI is InChI=1S/C11H15BrN2O2/c12-10-4-2-9(3-5-10)8-14-11(16)13-6-1-7-15/h2-5,15H,1,6-8H2,(H2,13,14,16). The first-order valence-electron chi connectivity index (χ1n) is 5.09. The van der Waals surface area contributed by atoms with Gasteiger partial charge in [-0.3, -0.25) is 0 Å². The van der Waals surface area contributed by atoms with E-state index in [1.165, 1.54) is 0 Å². The Morgan fingerprint density at radius 2 is 1.94 bits per heavy atom. The Kier molecular flexibility index (Phi) is 5.88. The molecular weight excluding hydrogens is 272 g/mol. The van der Waals surface area contributed by atoms with Crippen molar-refractivity contribution in [2.45, 2.75) is 13.0 Å². The number of rotatable bonds is 5. The van der Waals surface area contributed by atoms with E-state index in [0.29, 0.717) is 19.5 Å². The Hall–Kier alpha value is -1.07. The van der Waals surface area contributed by atoms with Crippen LogP contribution in [0.2, 0.25) is 0 Å². The number of nitrogens with one attached hydrogen (secondary N) is 2. The molecule has 0 fully saturated rings. The monoisotopic (exact) mass is 286 g/mol. The molecule has 1 rings (SSSR count). The summed E-state index contributed by atoms with van der Waals surface area (Å²) in [6, 6.07) is 7.54. The maximum absolute atomic E-state index is 11.2. The predicted octanol–water partition coefficient (Wildman–Crippen LogP) is 1.63. The first kappa shape index (κ1) is 13.0. The number of hydrogen-bond acceptors (Lipinski definition) is 2. The van der Waals surface area contributed by atoms with Crippen molar-refractivity contribution in [1.82, 2.24) is 10.6 Å². The smallest absolute Gasteiger partial charge is 0.315 e. The summed E-state index contributed by atoms with van der Waals surface area (Å²) >= 11 is 3.34. The molecule has 88 valence electrons. The van der Waals surface area contributed by atoms with Crippen molar-refractivity contribution in [3.8, 4) is 0 Å². The summed E-state index contributed by atoms with van der Waals surface area (Å²) in [7, 11) is 0. The number of aliphatic hydroxyl groups is 1. The van der Waals surface area contributed by atoms with Gasteiger partial charge >= 0.3 is 6.03 Å². The Bertz CT molecular complexity index is 327. The normalized spacial score (nSPS) is 9.88. The third-order valence-electron chi connectivity index (χ3n) is 1.99. The molecule has 0 spiro atoms. The van der Waals surface area contributed by atoms with Gasteiger partial charge in [0.25, 0.3) is 0 Å². The highest BCUT2D eigenvalue weighted by Gasteiger charge is 1.99. The van der Waals surface area contributed by atoms with Crippen molar-refractivity contribution < 1.29 is 9.90 Å². The quantitative estimate of drug-likeness (QED) is 0.721. The summed E-state index contributed by atoms with van der Waals surface area (Å²) < 4.78 is 1.02. The molecule has 0 bridgehead atoms. The zero-order valence-corrected chi connectivity index (χ0v) is 10.5. The molecule has 0 aliphatic rings. The van der Waals surface area contributed by atoms with Gasteiger partial charge < -0.3 is 15.7 Å². The van der Waals surface area contributed by atoms with Gasteiger partial charge in [0.1, 0.15) is 0 Å². The van der Waals surface area contributed by atoms with Crippen LogP contribution in [0.15, 0.2) is 28.7 Å². The van der Waals surface area contributed by atoms with E-state index in [0.717, 1.165) is 10.0 Å². The van der Waals surface area contributed by atoms with Crippen LogP contribution in [0.5, 0.6) is 0 Å². The van der Waals surface area contributed by atoms with Crippen molar-refractivity contribution in [3.63, 3.8) is 0 Å². The third-order valence-corrected chi connectivity index (χ3v) is 2.52. The predicted molar refractivity (Wildman–Crippen MR) is 66.1 cm³/mol. The van der Waals surface area contributed by atoms with Crippen molar-refractivity contribution in [1.29, 1.82) is 0 Å². The molecule has 0 atom stereocenters. The summed E-state index contributed by atoms with van der Waals surface area (Å²) in [5, 5.41) is 13.9. The molecule has 3 N–H and O–H groups in total. The molecular formula is C11H15BrN2O2. The topological polar surface area (TPSA) is 61.4 Å². The number of hydrogen-bond donors (Lipinski definition) is 3. The van der Waals surface area contributed by atoms with Gasteiger partial charge in [0.15, 0.2) is 0 Å². The Balaban J connectivity index is 2.23. The van der Waals surface area contributed by atoms with Crippen LogP contribution >= 0.6 is 15.9 Å². The maximum atomic E-state index is 11.2. The molecule has 0 heterocycles. The van der Waals surface area contributed by atoms with Crippen LogP contribution in [0.25, 0.3) is 0 Å². The van der Waals surface area contributed by atoms with Crippen LogP contribution in [0, 0.1) is 0 Å². The van der Waals surface area contributed by atoms with Gasteiger partial charge in [-0.05, 0) is 24.1 Å². The minimum atomic E-state index is -0.212. The lowest BCUT2D eigenvalue weighted by Gasteiger charge is -2.06. The Morgan fingerprint density at radius 3 is 2.56 bits per heavy atom. The molecule has 16 heavy (non-hydrogen) atoms. The van der Waals surface area contributed by atoms with E-state index in [1.807, 2.05) is 24.3 Å². The highest BCUT2D eigenvalue weighted by atomic mass is 79.9. The van der Waals surface area contributed by atoms with Gasteiger partial charge in [-0.2, -0.15) is 0 Å². The van der Waals surface area contributed by atoms with Gasteiger partial charge in [-0.25, -0.2) is 4.79 Å². The second-order valence-electron chi connectivity index (χ2n) is 3.31. The Morgan fingerprint density at radius 1 is 1.25 bits per heavy atom. The van der Waals surface area contributed by atoms with Crippen molar-refractivity contribution in [2.75, 3.05) is 13.2 Å². The maximum Gasteiger partial charge on any atom is 0.315 e. The zero-order valence-electron chi connectivity index (χ0n) is 8.87. The van der Waals surface area contributed by atoms with Gasteiger partial charge in [-0.1, -0.05) is 28.1 Å². The van der Waals surface area contributed by atoms with Gasteiger partial charge in [0.05, 0.1) is 0 Å². The lowest BCUT2D eigenvalue weighted by Crippen LogP contribution is -2.35. The van der Waals surface area contributed by atoms with Gasteiger partial charge in [-0.15, -0.1) is 0 Å². The number of carbonyl (C=O) groups excluding carboxylic acids is 1. The average Bonchev–Trinajstić information content (AvgIpc) is 2.29. The number of aliphatic hydroxyl groups excluding tert-OH is 1. The second kappa shape index (κ2) is 7.24. The summed E-state index contributed by atoms with van der Waals surface area (Å²) in [6.45, 7) is 1.08. The van der Waals surface area contributed by atoms with E-state index < -0.39 is 0 Å². The summed E-state index contributed by atoms with van der Waals surface area (Å²) in [6.07, 6.45) is 0.575. The Labute approximate surface area is 103 Å². The molecule has 5 heteroatoms. The summed E-state index contributed by atoms with van der Waals surface area (Å²) in [5.74, 6) is 0. The minimum absolute atomic E-state index is 0.0903. The lowest BCUT2D eigenvalue weighted by molar-refractivity contribution is 0.238.